The Morgan fingerprint density at radius 2 is 2.17 bits per heavy atom. The lowest BCUT2D eigenvalue weighted by molar-refractivity contribution is 0.582. The van der Waals surface area contributed by atoms with E-state index in [-0.39, 0.29) is 5.82 Å². The number of pyridine rings is 1. The molecule has 0 unspecified atom stereocenters. The van der Waals surface area contributed by atoms with Crippen LogP contribution in [0.15, 0.2) is 28.9 Å². The van der Waals surface area contributed by atoms with Gasteiger partial charge in [-0.3, -0.25) is 4.68 Å². The maximum atomic E-state index is 9.38. The van der Waals surface area contributed by atoms with Gasteiger partial charge in [-0.1, -0.05) is 0 Å². The molecule has 3 heterocycles. The molecule has 0 saturated carbocycles. The molecule has 3 aromatic rings. The number of nitrogens with two attached hydrogens (primary N) is 1. The maximum absolute atomic E-state index is 9.38. The monoisotopic (exact) mass is 307 g/mol. The van der Waals surface area contributed by atoms with Gasteiger partial charge in [-0.05, 0) is 39.0 Å². The predicted molar refractivity (Wildman–Crippen MR) is 87.4 cm³/mol. The Morgan fingerprint density at radius 1 is 1.39 bits per heavy atom. The van der Waals surface area contributed by atoms with Gasteiger partial charge in [0.1, 0.15) is 23.2 Å². The molecule has 0 aliphatic heterocycles. The zero-order chi connectivity index (χ0) is 16.6. The van der Waals surface area contributed by atoms with E-state index in [1.54, 1.807) is 18.4 Å². The Bertz CT molecular complexity index is 900. The smallest absolute Gasteiger partial charge is 0.142 e. The van der Waals surface area contributed by atoms with Gasteiger partial charge in [-0.2, -0.15) is 10.4 Å². The van der Waals surface area contributed by atoms with Crippen LogP contribution in [0.4, 0.5) is 5.82 Å². The molecule has 0 aliphatic carbocycles. The molecule has 23 heavy (non-hydrogen) atoms. The van der Waals surface area contributed by atoms with Crippen LogP contribution in [-0.2, 0) is 6.54 Å². The van der Waals surface area contributed by atoms with E-state index in [0.717, 1.165) is 23.5 Å². The molecule has 0 aliphatic rings. The van der Waals surface area contributed by atoms with Crippen LogP contribution in [0.1, 0.15) is 23.9 Å². The fourth-order valence-corrected chi connectivity index (χ4v) is 2.81. The van der Waals surface area contributed by atoms with Crippen molar-refractivity contribution in [2.24, 2.45) is 0 Å². The summed E-state index contributed by atoms with van der Waals surface area (Å²) >= 11 is 0. The summed E-state index contributed by atoms with van der Waals surface area (Å²) in [6, 6.07) is 7.52. The summed E-state index contributed by atoms with van der Waals surface area (Å²) in [6.45, 7) is 6.76. The summed E-state index contributed by atoms with van der Waals surface area (Å²) in [6.07, 6.45) is 1.57. The SMILES string of the molecule is CCn1nc(C)c(-c2cc(-c3ccco3)c(C#N)c(N)n2)c1C. The van der Waals surface area contributed by atoms with E-state index in [1.807, 2.05) is 31.5 Å². The molecule has 0 amide bonds. The second-order valence-corrected chi connectivity index (χ2v) is 5.27. The van der Waals surface area contributed by atoms with Crippen LogP contribution in [0.25, 0.3) is 22.6 Å². The Morgan fingerprint density at radius 3 is 2.74 bits per heavy atom. The van der Waals surface area contributed by atoms with Crippen LogP contribution >= 0.6 is 0 Å². The number of aromatic nitrogens is 3. The van der Waals surface area contributed by atoms with Gasteiger partial charge in [0.15, 0.2) is 0 Å². The van der Waals surface area contributed by atoms with E-state index < -0.39 is 0 Å². The van der Waals surface area contributed by atoms with Crippen molar-refractivity contribution in [3.05, 3.63) is 41.4 Å². The van der Waals surface area contributed by atoms with Crippen molar-refractivity contribution < 1.29 is 4.42 Å². The summed E-state index contributed by atoms with van der Waals surface area (Å²) < 4.78 is 7.36. The van der Waals surface area contributed by atoms with Crippen LogP contribution in [0.5, 0.6) is 0 Å². The minimum Gasteiger partial charge on any atom is -0.464 e. The highest BCUT2D eigenvalue weighted by Crippen LogP contribution is 2.33. The maximum Gasteiger partial charge on any atom is 0.142 e. The lowest BCUT2D eigenvalue weighted by Crippen LogP contribution is -2.01. The van der Waals surface area contributed by atoms with Gasteiger partial charge in [-0.15, -0.1) is 0 Å². The highest BCUT2D eigenvalue weighted by molar-refractivity contribution is 5.79. The molecule has 3 rings (SSSR count). The highest BCUT2D eigenvalue weighted by atomic mass is 16.3. The number of furan rings is 1. The summed E-state index contributed by atoms with van der Waals surface area (Å²) in [5.74, 6) is 0.787. The topological polar surface area (TPSA) is 93.7 Å². The van der Waals surface area contributed by atoms with Crippen molar-refractivity contribution in [1.29, 1.82) is 5.26 Å². The molecule has 116 valence electrons. The first-order valence-corrected chi connectivity index (χ1v) is 7.35. The third-order valence-electron chi connectivity index (χ3n) is 3.88. The zero-order valence-electron chi connectivity index (χ0n) is 13.3. The van der Waals surface area contributed by atoms with Crippen LogP contribution < -0.4 is 5.73 Å². The molecule has 0 saturated heterocycles. The summed E-state index contributed by atoms with van der Waals surface area (Å²) in [5.41, 5.74) is 10.5. The molecule has 0 radical (unpaired) electrons. The average molecular weight is 307 g/mol. The van der Waals surface area contributed by atoms with E-state index in [4.69, 9.17) is 10.2 Å². The third-order valence-corrected chi connectivity index (χ3v) is 3.88. The van der Waals surface area contributed by atoms with Crippen LogP contribution in [0, 0.1) is 25.2 Å². The Labute approximate surface area is 134 Å². The molecule has 2 N–H and O–H groups in total. The second kappa shape index (κ2) is 5.61. The van der Waals surface area contributed by atoms with Gasteiger partial charge in [0.05, 0.1) is 17.7 Å². The molecule has 3 aromatic heterocycles. The normalized spacial score (nSPS) is 10.7. The van der Waals surface area contributed by atoms with Crippen molar-refractivity contribution in [3.63, 3.8) is 0 Å². The number of anilines is 1. The number of rotatable bonds is 3. The molecule has 0 fully saturated rings. The fraction of sp³-hybridized carbons (Fsp3) is 0.235. The summed E-state index contributed by atoms with van der Waals surface area (Å²) in [4.78, 5) is 4.41. The lowest BCUT2D eigenvalue weighted by Gasteiger charge is -2.09. The molecule has 0 atom stereocenters. The Kier molecular flexibility index (Phi) is 3.62. The van der Waals surface area contributed by atoms with Crippen molar-refractivity contribution in [1.82, 2.24) is 14.8 Å². The van der Waals surface area contributed by atoms with Crippen molar-refractivity contribution in [3.8, 4) is 28.7 Å². The first-order chi connectivity index (χ1) is 11.1. The van der Waals surface area contributed by atoms with Gasteiger partial charge < -0.3 is 10.2 Å². The van der Waals surface area contributed by atoms with Crippen LogP contribution in [0.2, 0.25) is 0 Å². The predicted octanol–water partition coefficient (Wildman–Crippen LogP) is 3.30. The van der Waals surface area contributed by atoms with E-state index in [0.29, 0.717) is 22.6 Å². The molecule has 6 heteroatoms. The van der Waals surface area contributed by atoms with E-state index in [9.17, 15) is 5.26 Å². The fourth-order valence-electron chi connectivity index (χ4n) is 2.81. The number of nitrogen functional groups attached to an aromatic ring is 1. The Balaban J connectivity index is 2.27. The standard InChI is InChI=1S/C17H17N5O/c1-4-22-11(3)16(10(2)21-22)14-8-12(15-6-5-7-23-15)13(9-18)17(19)20-14/h5-8H,4H2,1-3H3,(H2,19,20). The first kappa shape index (κ1) is 14.9. The highest BCUT2D eigenvalue weighted by Gasteiger charge is 2.19. The van der Waals surface area contributed by atoms with Gasteiger partial charge >= 0.3 is 0 Å². The van der Waals surface area contributed by atoms with Gasteiger partial charge in [-0.25, -0.2) is 4.98 Å². The van der Waals surface area contributed by atoms with Crippen molar-refractivity contribution in [2.45, 2.75) is 27.3 Å². The average Bonchev–Trinajstić information content (AvgIpc) is 3.14. The minimum absolute atomic E-state index is 0.194. The Hall–Kier alpha value is -3.07. The number of nitriles is 1. The molecule has 6 nitrogen and oxygen atoms in total. The minimum atomic E-state index is 0.194. The van der Waals surface area contributed by atoms with Crippen LogP contribution in [0.3, 0.4) is 0 Å². The second-order valence-electron chi connectivity index (χ2n) is 5.27. The molecular weight excluding hydrogens is 290 g/mol. The number of hydrogen-bond acceptors (Lipinski definition) is 5. The first-order valence-electron chi connectivity index (χ1n) is 7.35. The zero-order valence-corrected chi connectivity index (χ0v) is 13.3. The van der Waals surface area contributed by atoms with Gasteiger partial charge in [0.2, 0.25) is 0 Å². The van der Waals surface area contributed by atoms with E-state index in [2.05, 4.69) is 16.2 Å². The lowest BCUT2D eigenvalue weighted by atomic mass is 10.0. The van der Waals surface area contributed by atoms with Gasteiger partial charge in [0.25, 0.3) is 0 Å². The van der Waals surface area contributed by atoms with Crippen LogP contribution in [-0.4, -0.2) is 14.8 Å². The van der Waals surface area contributed by atoms with Gasteiger partial charge in [0, 0.05) is 23.4 Å². The van der Waals surface area contributed by atoms with E-state index in [1.165, 1.54) is 0 Å². The molecule has 0 bridgehead atoms. The third kappa shape index (κ3) is 2.36. The summed E-state index contributed by atoms with van der Waals surface area (Å²) in [7, 11) is 0. The molecular formula is C17H17N5O. The number of aryl methyl sites for hydroxylation is 2. The number of hydrogen-bond donors (Lipinski definition) is 1. The summed E-state index contributed by atoms with van der Waals surface area (Å²) in [5, 5.41) is 13.9. The molecule has 0 spiro atoms. The number of nitrogens with zero attached hydrogens (tertiary/aromatic N) is 4. The quantitative estimate of drug-likeness (QED) is 0.801. The molecule has 0 aromatic carbocycles. The van der Waals surface area contributed by atoms with Crippen molar-refractivity contribution >= 4 is 5.82 Å². The largest absolute Gasteiger partial charge is 0.464 e. The van der Waals surface area contributed by atoms with E-state index >= 15 is 0 Å². The van der Waals surface area contributed by atoms with Crippen molar-refractivity contribution in [2.75, 3.05) is 5.73 Å².